The number of carbonyl (C=O) groups is 2. The Labute approximate surface area is 169 Å². The summed E-state index contributed by atoms with van der Waals surface area (Å²) < 4.78 is 10.5. The summed E-state index contributed by atoms with van der Waals surface area (Å²) in [6.45, 7) is 1.09. The van der Waals surface area contributed by atoms with E-state index in [1.54, 1.807) is 19.2 Å². The van der Waals surface area contributed by atoms with E-state index in [0.29, 0.717) is 22.3 Å². The summed E-state index contributed by atoms with van der Waals surface area (Å²) in [6, 6.07) is 9.72. The normalized spacial score (nSPS) is 10.5. The number of nitrogens with one attached hydrogen (secondary N) is 2. The summed E-state index contributed by atoms with van der Waals surface area (Å²) in [6.07, 6.45) is 0. The minimum Gasteiger partial charge on any atom is -0.457 e. The minimum absolute atomic E-state index is 0.00749. The third kappa shape index (κ3) is 4.43. The van der Waals surface area contributed by atoms with Crippen LogP contribution in [-0.4, -0.2) is 23.8 Å². The summed E-state index contributed by atoms with van der Waals surface area (Å²) in [4.78, 5) is 46.0. The van der Waals surface area contributed by atoms with Gasteiger partial charge in [-0.1, -0.05) is 0 Å². The molecule has 0 spiro atoms. The molecule has 1 amide bonds. The van der Waals surface area contributed by atoms with E-state index in [4.69, 9.17) is 9.15 Å². The van der Waals surface area contributed by atoms with Gasteiger partial charge in [0.2, 0.25) is 5.91 Å². The molecule has 2 N–H and O–H groups in total. The Morgan fingerprint density at radius 3 is 2.60 bits per heavy atom. The van der Waals surface area contributed by atoms with Gasteiger partial charge in [-0.25, -0.2) is 9.59 Å². The quantitative estimate of drug-likeness (QED) is 0.273. The Hall–Kier alpha value is -4.21. The molecule has 154 valence electrons. The maximum Gasteiger partial charge on any atom is 0.340 e. The summed E-state index contributed by atoms with van der Waals surface area (Å²) in [5, 5.41) is 16.9. The molecule has 30 heavy (non-hydrogen) atoms. The van der Waals surface area contributed by atoms with Crippen molar-refractivity contribution in [3.05, 3.63) is 74.1 Å². The van der Waals surface area contributed by atoms with Crippen LogP contribution in [0.3, 0.4) is 0 Å². The van der Waals surface area contributed by atoms with Crippen LogP contribution in [-0.2, 0) is 16.1 Å². The molecule has 2 aromatic carbocycles. The highest BCUT2D eigenvalue weighted by Gasteiger charge is 2.18. The molecule has 3 aromatic rings. The molecule has 0 fully saturated rings. The van der Waals surface area contributed by atoms with Crippen LogP contribution in [0.5, 0.6) is 0 Å². The second-order valence-corrected chi connectivity index (χ2v) is 6.30. The van der Waals surface area contributed by atoms with Crippen molar-refractivity contribution in [3.8, 4) is 0 Å². The second kappa shape index (κ2) is 8.43. The number of amides is 1. The number of anilines is 2. The van der Waals surface area contributed by atoms with Crippen LogP contribution in [0.4, 0.5) is 17.1 Å². The lowest BCUT2D eigenvalue weighted by molar-refractivity contribution is -0.384. The molecule has 0 aliphatic rings. The average Bonchev–Trinajstić information content (AvgIpc) is 2.70. The maximum atomic E-state index is 12.5. The van der Waals surface area contributed by atoms with Gasteiger partial charge in [0.1, 0.15) is 12.2 Å². The fraction of sp³-hybridized carbons (Fsp3) is 0.150. The van der Waals surface area contributed by atoms with Crippen LogP contribution in [0.2, 0.25) is 0 Å². The molecule has 0 saturated carbocycles. The van der Waals surface area contributed by atoms with Crippen LogP contribution in [0, 0.1) is 10.1 Å². The van der Waals surface area contributed by atoms with Crippen molar-refractivity contribution in [2.45, 2.75) is 13.5 Å². The van der Waals surface area contributed by atoms with Gasteiger partial charge < -0.3 is 19.8 Å². The Kier molecular flexibility index (Phi) is 5.77. The molecule has 0 saturated heterocycles. The van der Waals surface area contributed by atoms with Gasteiger partial charge in [-0.2, -0.15) is 0 Å². The van der Waals surface area contributed by atoms with E-state index in [9.17, 15) is 24.5 Å². The molecule has 1 heterocycles. The molecule has 0 unspecified atom stereocenters. The van der Waals surface area contributed by atoms with Crippen molar-refractivity contribution in [1.82, 2.24) is 0 Å². The number of carbonyl (C=O) groups excluding carboxylic acids is 2. The highest BCUT2D eigenvalue weighted by molar-refractivity contribution is 5.96. The Morgan fingerprint density at radius 2 is 1.93 bits per heavy atom. The fourth-order valence-electron chi connectivity index (χ4n) is 2.88. The third-order valence-electron chi connectivity index (χ3n) is 4.21. The van der Waals surface area contributed by atoms with E-state index in [0.717, 1.165) is 6.07 Å². The first-order chi connectivity index (χ1) is 14.3. The molecular formula is C20H17N3O7. The standard InChI is InChI=1S/C20H17N3O7/c1-11(24)22-13-3-5-15-12(7-19(25)30-18(15)8-13)10-29-20(26)16-9-14(23(27)28)4-6-17(16)21-2/h3-9,21H,10H2,1-2H3,(H,22,24). The fourth-order valence-corrected chi connectivity index (χ4v) is 2.88. The highest BCUT2D eigenvalue weighted by Crippen LogP contribution is 2.25. The molecule has 0 bridgehead atoms. The lowest BCUT2D eigenvalue weighted by Gasteiger charge is -2.11. The van der Waals surface area contributed by atoms with Gasteiger partial charge in [-0.15, -0.1) is 0 Å². The Bertz CT molecular complexity index is 1220. The molecule has 0 atom stereocenters. The Morgan fingerprint density at radius 1 is 1.17 bits per heavy atom. The second-order valence-electron chi connectivity index (χ2n) is 6.30. The number of non-ortho nitro benzene ring substituents is 1. The van der Waals surface area contributed by atoms with Gasteiger partial charge in [-0.3, -0.25) is 14.9 Å². The largest absolute Gasteiger partial charge is 0.457 e. The van der Waals surface area contributed by atoms with Crippen LogP contribution >= 0.6 is 0 Å². The maximum absolute atomic E-state index is 12.5. The van der Waals surface area contributed by atoms with E-state index in [2.05, 4.69) is 10.6 Å². The molecule has 10 heteroatoms. The van der Waals surface area contributed by atoms with E-state index in [1.165, 1.54) is 31.2 Å². The monoisotopic (exact) mass is 411 g/mol. The van der Waals surface area contributed by atoms with Crippen LogP contribution in [0.1, 0.15) is 22.8 Å². The van der Waals surface area contributed by atoms with E-state index >= 15 is 0 Å². The SMILES string of the molecule is CNc1ccc([N+](=O)[O-])cc1C(=O)OCc1cc(=O)oc2cc(NC(C)=O)ccc12. The van der Waals surface area contributed by atoms with E-state index < -0.39 is 16.5 Å². The lowest BCUT2D eigenvalue weighted by Crippen LogP contribution is -2.11. The predicted molar refractivity (Wildman–Crippen MR) is 109 cm³/mol. The van der Waals surface area contributed by atoms with E-state index in [-0.39, 0.29) is 29.3 Å². The van der Waals surface area contributed by atoms with Gasteiger partial charge in [0.05, 0.1) is 10.5 Å². The number of hydrogen-bond acceptors (Lipinski definition) is 8. The molecule has 3 rings (SSSR count). The predicted octanol–water partition coefficient (Wildman–Crippen LogP) is 3.06. The number of esters is 1. The highest BCUT2D eigenvalue weighted by atomic mass is 16.6. The molecule has 0 aliphatic heterocycles. The number of nitro groups is 1. The van der Waals surface area contributed by atoms with Crippen molar-refractivity contribution in [2.75, 3.05) is 17.7 Å². The van der Waals surface area contributed by atoms with Gasteiger partial charge in [0.25, 0.3) is 5.69 Å². The minimum atomic E-state index is -0.792. The zero-order valence-electron chi connectivity index (χ0n) is 16.1. The number of hydrogen-bond donors (Lipinski definition) is 2. The van der Waals surface area contributed by atoms with Crippen molar-refractivity contribution in [3.63, 3.8) is 0 Å². The van der Waals surface area contributed by atoms with Crippen molar-refractivity contribution in [1.29, 1.82) is 0 Å². The summed E-state index contributed by atoms with van der Waals surface area (Å²) >= 11 is 0. The first-order valence-corrected chi connectivity index (χ1v) is 8.76. The number of benzene rings is 2. The van der Waals surface area contributed by atoms with Crippen LogP contribution in [0.25, 0.3) is 11.0 Å². The number of ether oxygens (including phenoxy) is 1. The first kappa shape index (κ1) is 20.5. The number of fused-ring (bicyclic) bond motifs is 1. The average molecular weight is 411 g/mol. The third-order valence-corrected chi connectivity index (χ3v) is 4.21. The number of nitro benzene ring substituents is 1. The van der Waals surface area contributed by atoms with Crippen molar-refractivity contribution >= 4 is 39.9 Å². The van der Waals surface area contributed by atoms with Gasteiger partial charge in [0.15, 0.2) is 0 Å². The van der Waals surface area contributed by atoms with Gasteiger partial charge in [0, 0.05) is 60.6 Å². The number of nitrogens with zero attached hydrogens (tertiary/aromatic N) is 1. The summed E-state index contributed by atoms with van der Waals surface area (Å²) in [5.41, 5.74) is 0.501. The molecule has 0 radical (unpaired) electrons. The van der Waals surface area contributed by atoms with Crippen LogP contribution in [0.15, 0.2) is 51.7 Å². The molecule has 0 aliphatic carbocycles. The zero-order valence-corrected chi connectivity index (χ0v) is 16.1. The van der Waals surface area contributed by atoms with Crippen molar-refractivity contribution < 1.29 is 23.7 Å². The van der Waals surface area contributed by atoms with Gasteiger partial charge in [-0.05, 0) is 18.2 Å². The lowest BCUT2D eigenvalue weighted by atomic mass is 10.1. The first-order valence-electron chi connectivity index (χ1n) is 8.76. The Balaban J connectivity index is 1.89. The van der Waals surface area contributed by atoms with E-state index in [1.807, 2.05) is 0 Å². The zero-order chi connectivity index (χ0) is 21.8. The molecule has 1 aromatic heterocycles. The summed E-state index contributed by atoms with van der Waals surface area (Å²) in [5.74, 6) is -1.07. The van der Waals surface area contributed by atoms with Crippen molar-refractivity contribution in [2.24, 2.45) is 0 Å². The molecular weight excluding hydrogens is 394 g/mol. The molecule has 10 nitrogen and oxygen atoms in total. The van der Waals surface area contributed by atoms with Gasteiger partial charge >= 0.3 is 11.6 Å². The number of rotatable bonds is 6. The van der Waals surface area contributed by atoms with Crippen LogP contribution < -0.4 is 16.3 Å². The smallest absolute Gasteiger partial charge is 0.340 e. The topological polar surface area (TPSA) is 141 Å². The summed E-state index contributed by atoms with van der Waals surface area (Å²) in [7, 11) is 1.57.